The van der Waals surface area contributed by atoms with Gasteiger partial charge in [0.25, 0.3) is 0 Å². The van der Waals surface area contributed by atoms with Crippen LogP contribution in [0, 0.1) is 12.7 Å². The van der Waals surface area contributed by atoms with E-state index in [2.05, 4.69) is 10.3 Å². The molecule has 1 atom stereocenters. The molecule has 0 aliphatic carbocycles. The molecule has 1 heterocycles. The molecule has 0 amide bonds. The minimum Gasteiger partial charge on any atom is -0.387 e. The van der Waals surface area contributed by atoms with Gasteiger partial charge in [-0.2, -0.15) is 11.8 Å². The van der Waals surface area contributed by atoms with Gasteiger partial charge in [-0.25, -0.2) is 4.39 Å². The van der Waals surface area contributed by atoms with E-state index in [1.54, 1.807) is 24.8 Å². The predicted octanol–water partition coefficient (Wildman–Crippen LogP) is 3.21. The van der Waals surface area contributed by atoms with Crippen molar-refractivity contribution in [2.24, 2.45) is 0 Å². The minimum atomic E-state index is -0.809. The van der Waals surface area contributed by atoms with Gasteiger partial charge in [-0.15, -0.1) is 0 Å². The molecule has 5 heteroatoms. The van der Waals surface area contributed by atoms with Crippen molar-refractivity contribution in [2.45, 2.75) is 19.4 Å². The Bertz CT molecular complexity index is 616. The molecular formula is C15H19FN2OS. The molecule has 20 heavy (non-hydrogen) atoms. The molecule has 2 aromatic rings. The lowest BCUT2D eigenvalue weighted by Crippen LogP contribution is -2.36. The lowest BCUT2D eigenvalue weighted by Gasteiger charge is -2.23. The number of hydrogen-bond donors (Lipinski definition) is 2. The van der Waals surface area contributed by atoms with Crippen LogP contribution in [-0.2, 0) is 0 Å². The molecule has 2 N–H and O–H groups in total. The summed E-state index contributed by atoms with van der Waals surface area (Å²) in [6.07, 6.45) is 1.95. The third-order valence-electron chi connectivity index (χ3n) is 3.01. The molecule has 0 aliphatic rings. The Hall–Kier alpha value is -1.33. The SMILES string of the molecule is CSCC(C)(O)CNc1cc(C)nc2ccc(F)cc12. The third kappa shape index (κ3) is 3.61. The fraction of sp³-hybridized carbons (Fsp3) is 0.400. The molecule has 1 aromatic carbocycles. The van der Waals surface area contributed by atoms with E-state index >= 15 is 0 Å². The molecule has 0 aliphatic heterocycles. The van der Waals surface area contributed by atoms with Crippen LogP contribution in [0.2, 0.25) is 0 Å². The molecule has 2 rings (SSSR count). The van der Waals surface area contributed by atoms with Crippen molar-refractivity contribution in [1.29, 1.82) is 0 Å². The number of halogens is 1. The molecule has 0 fully saturated rings. The lowest BCUT2D eigenvalue weighted by atomic mass is 10.1. The molecule has 1 unspecified atom stereocenters. The third-order valence-corrected chi connectivity index (χ3v) is 3.92. The molecular weight excluding hydrogens is 275 g/mol. The highest BCUT2D eigenvalue weighted by atomic mass is 32.2. The number of thioether (sulfide) groups is 1. The van der Waals surface area contributed by atoms with E-state index in [1.807, 2.05) is 19.2 Å². The highest BCUT2D eigenvalue weighted by molar-refractivity contribution is 7.98. The molecule has 0 radical (unpaired) electrons. The zero-order valence-corrected chi connectivity index (χ0v) is 12.7. The second kappa shape index (κ2) is 5.97. The van der Waals surface area contributed by atoms with E-state index in [-0.39, 0.29) is 5.82 Å². The molecule has 0 bridgehead atoms. The van der Waals surface area contributed by atoms with Gasteiger partial charge in [-0.1, -0.05) is 0 Å². The first-order chi connectivity index (χ1) is 9.41. The summed E-state index contributed by atoms with van der Waals surface area (Å²) in [5, 5.41) is 14.1. The van der Waals surface area contributed by atoms with Crippen LogP contribution in [0.1, 0.15) is 12.6 Å². The number of anilines is 1. The Morgan fingerprint density at radius 1 is 1.40 bits per heavy atom. The number of pyridine rings is 1. The summed E-state index contributed by atoms with van der Waals surface area (Å²) in [6.45, 7) is 4.09. The zero-order valence-electron chi connectivity index (χ0n) is 11.9. The number of benzene rings is 1. The number of fused-ring (bicyclic) bond motifs is 1. The van der Waals surface area contributed by atoms with Crippen LogP contribution in [0.3, 0.4) is 0 Å². The van der Waals surface area contributed by atoms with Crippen LogP contribution >= 0.6 is 11.8 Å². The van der Waals surface area contributed by atoms with E-state index in [4.69, 9.17) is 0 Å². The normalized spacial score (nSPS) is 14.2. The number of aromatic nitrogens is 1. The van der Waals surface area contributed by atoms with Crippen LogP contribution in [0.15, 0.2) is 24.3 Å². The summed E-state index contributed by atoms with van der Waals surface area (Å²) < 4.78 is 13.4. The molecule has 0 saturated carbocycles. The Labute approximate surface area is 122 Å². The first-order valence-corrected chi connectivity index (χ1v) is 7.83. The summed E-state index contributed by atoms with van der Waals surface area (Å²) in [7, 11) is 0. The van der Waals surface area contributed by atoms with Gasteiger partial charge in [0, 0.05) is 29.1 Å². The number of aryl methyl sites for hydroxylation is 1. The molecule has 0 saturated heterocycles. The first kappa shape index (κ1) is 15.1. The highest BCUT2D eigenvalue weighted by Gasteiger charge is 2.19. The minimum absolute atomic E-state index is 0.290. The summed E-state index contributed by atoms with van der Waals surface area (Å²) in [5.74, 6) is 0.346. The van der Waals surface area contributed by atoms with Gasteiger partial charge in [0.1, 0.15) is 5.82 Å². The molecule has 0 spiro atoms. The van der Waals surface area contributed by atoms with Crippen molar-refractivity contribution in [3.8, 4) is 0 Å². The van der Waals surface area contributed by atoms with Gasteiger partial charge in [0.2, 0.25) is 0 Å². The fourth-order valence-corrected chi connectivity index (χ4v) is 2.85. The van der Waals surface area contributed by atoms with Crippen LogP contribution in [0.5, 0.6) is 0 Å². The van der Waals surface area contributed by atoms with Crippen LogP contribution in [0.25, 0.3) is 10.9 Å². The largest absolute Gasteiger partial charge is 0.387 e. The number of nitrogens with one attached hydrogen (secondary N) is 1. The Balaban J connectivity index is 2.31. The second-order valence-electron chi connectivity index (χ2n) is 5.26. The molecule has 1 aromatic heterocycles. The number of hydrogen-bond acceptors (Lipinski definition) is 4. The summed E-state index contributed by atoms with van der Waals surface area (Å²) in [6, 6.07) is 6.41. The van der Waals surface area contributed by atoms with E-state index in [9.17, 15) is 9.50 Å². The van der Waals surface area contributed by atoms with Crippen molar-refractivity contribution in [3.63, 3.8) is 0 Å². The standard InChI is InChI=1S/C15H19FN2OS/c1-10-6-14(17-8-15(2,19)9-20-3)12-7-11(16)4-5-13(12)18-10/h4-7,19H,8-9H2,1-3H3,(H,17,18). The lowest BCUT2D eigenvalue weighted by molar-refractivity contribution is 0.0997. The average molecular weight is 294 g/mol. The first-order valence-electron chi connectivity index (χ1n) is 6.43. The van der Waals surface area contributed by atoms with Gasteiger partial charge in [0.15, 0.2) is 0 Å². The van der Waals surface area contributed by atoms with Crippen molar-refractivity contribution < 1.29 is 9.50 Å². The smallest absolute Gasteiger partial charge is 0.124 e. The van der Waals surface area contributed by atoms with Gasteiger partial charge in [0.05, 0.1) is 11.1 Å². The molecule has 108 valence electrons. The quantitative estimate of drug-likeness (QED) is 0.889. The van der Waals surface area contributed by atoms with E-state index in [0.717, 1.165) is 22.3 Å². The molecule has 3 nitrogen and oxygen atoms in total. The highest BCUT2D eigenvalue weighted by Crippen LogP contribution is 2.25. The van der Waals surface area contributed by atoms with E-state index in [1.165, 1.54) is 12.1 Å². The predicted molar refractivity (Wildman–Crippen MR) is 83.9 cm³/mol. The monoisotopic (exact) mass is 294 g/mol. The maximum absolute atomic E-state index is 13.4. The summed E-state index contributed by atoms with van der Waals surface area (Å²) in [5.41, 5.74) is 1.60. The van der Waals surface area contributed by atoms with Crippen LogP contribution in [-0.4, -0.2) is 34.2 Å². The van der Waals surface area contributed by atoms with Gasteiger partial charge >= 0.3 is 0 Å². The Morgan fingerprint density at radius 2 is 2.15 bits per heavy atom. The van der Waals surface area contributed by atoms with Gasteiger partial charge in [-0.3, -0.25) is 4.98 Å². The Morgan fingerprint density at radius 3 is 2.85 bits per heavy atom. The van der Waals surface area contributed by atoms with Crippen LogP contribution < -0.4 is 5.32 Å². The van der Waals surface area contributed by atoms with Gasteiger partial charge in [-0.05, 0) is 44.4 Å². The van der Waals surface area contributed by atoms with Crippen molar-refractivity contribution in [1.82, 2.24) is 4.98 Å². The average Bonchev–Trinajstić information content (AvgIpc) is 2.36. The zero-order chi connectivity index (χ0) is 14.8. The maximum atomic E-state index is 13.4. The van der Waals surface area contributed by atoms with Gasteiger partial charge < -0.3 is 10.4 Å². The van der Waals surface area contributed by atoms with Crippen molar-refractivity contribution in [3.05, 3.63) is 35.8 Å². The van der Waals surface area contributed by atoms with E-state index < -0.39 is 5.60 Å². The van der Waals surface area contributed by atoms with Crippen molar-refractivity contribution >= 4 is 28.4 Å². The van der Waals surface area contributed by atoms with Crippen LogP contribution in [0.4, 0.5) is 10.1 Å². The number of rotatable bonds is 5. The maximum Gasteiger partial charge on any atom is 0.124 e. The summed E-state index contributed by atoms with van der Waals surface area (Å²) in [4.78, 5) is 4.38. The fourth-order valence-electron chi connectivity index (χ4n) is 2.12. The topological polar surface area (TPSA) is 45.1 Å². The second-order valence-corrected chi connectivity index (χ2v) is 6.12. The number of nitrogens with zero attached hydrogens (tertiary/aromatic N) is 1. The Kier molecular flexibility index (Phi) is 4.50. The number of aliphatic hydroxyl groups is 1. The summed E-state index contributed by atoms with van der Waals surface area (Å²) >= 11 is 1.59. The van der Waals surface area contributed by atoms with Crippen molar-refractivity contribution in [2.75, 3.05) is 23.9 Å². The van der Waals surface area contributed by atoms with E-state index in [0.29, 0.717) is 12.3 Å².